The highest BCUT2D eigenvalue weighted by Gasteiger charge is 2.08. The van der Waals surface area contributed by atoms with Crippen molar-refractivity contribution in [3.8, 4) is 0 Å². The molecule has 0 atom stereocenters. The molecule has 0 radical (unpaired) electrons. The Kier molecular flexibility index (Phi) is 6.52. The van der Waals surface area contributed by atoms with Crippen LogP contribution in [0.15, 0.2) is 29.3 Å². The van der Waals surface area contributed by atoms with Gasteiger partial charge < -0.3 is 15.5 Å². The van der Waals surface area contributed by atoms with Crippen LogP contribution in [0, 0.1) is 13.8 Å². The number of rotatable bonds is 5. The molecule has 0 bridgehead atoms. The highest BCUT2D eigenvalue weighted by molar-refractivity contribution is 7.11. The summed E-state index contributed by atoms with van der Waals surface area (Å²) in [6, 6.07) is 7.59. The van der Waals surface area contributed by atoms with Crippen LogP contribution in [0.25, 0.3) is 0 Å². The second kappa shape index (κ2) is 8.62. The van der Waals surface area contributed by atoms with E-state index in [9.17, 15) is 4.79 Å². The van der Waals surface area contributed by atoms with Crippen LogP contribution in [-0.4, -0.2) is 42.9 Å². The molecule has 0 aliphatic heterocycles. The van der Waals surface area contributed by atoms with Crippen LogP contribution in [0.2, 0.25) is 0 Å². The average Bonchev–Trinajstić information content (AvgIpc) is 2.92. The number of amides is 1. The molecule has 2 N–H and O–H groups in total. The van der Waals surface area contributed by atoms with Crippen molar-refractivity contribution < 1.29 is 4.79 Å². The van der Waals surface area contributed by atoms with Crippen LogP contribution < -0.4 is 10.6 Å². The Bertz CT molecular complexity index is 730. The number of benzene rings is 1. The molecule has 1 amide bonds. The van der Waals surface area contributed by atoms with Crippen molar-refractivity contribution >= 4 is 23.2 Å². The zero-order chi connectivity index (χ0) is 18.4. The predicted molar refractivity (Wildman–Crippen MR) is 103 cm³/mol. The van der Waals surface area contributed by atoms with Gasteiger partial charge in [-0.15, -0.1) is 11.3 Å². The number of hydrogen-bond donors (Lipinski definition) is 2. The van der Waals surface area contributed by atoms with E-state index in [1.165, 1.54) is 4.88 Å². The molecule has 7 heteroatoms. The smallest absolute Gasteiger partial charge is 0.253 e. The lowest BCUT2D eigenvalue weighted by Crippen LogP contribution is -2.36. The molecule has 6 nitrogen and oxygen atoms in total. The summed E-state index contributed by atoms with van der Waals surface area (Å²) in [5, 5.41) is 7.58. The quantitative estimate of drug-likeness (QED) is 0.635. The van der Waals surface area contributed by atoms with Crippen LogP contribution in [0.4, 0.5) is 0 Å². The number of nitrogens with zero attached hydrogens (tertiary/aromatic N) is 3. The number of aryl methyl sites for hydroxylation is 2. The molecule has 2 aromatic rings. The van der Waals surface area contributed by atoms with E-state index in [1.54, 1.807) is 37.4 Å². The van der Waals surface area contributed by atoms with Crippen molar-refractivity contribution in [3.05, 3.63) is 51.0 Å². The first-order valence-electron chi connectivity index (χ1n) is 8.08. The van der Waals surface area contributed by atoms with Gasteiger partial charge in [-0.1, -0.05) is 12.1 Å². The molecule has 1 heterocycles. The molecule has 0 fully saturated rings. The second-order valence-electron chi connectivity index (χ2n) is 5.93. The van der Waals surface area contributed by atoms with Gasteiger partial charge in [-0.3, -0.25) is 9.79 Å². The fourth-order valence-corrected chi connectivity index (χ4v) is 3.08. The number of nitrogens with one attached hydrogen (secondary N) is 2. The largest absolute Gasteiger partial charge is 0.352 e. The molecular formula is C18H25N5OS. The van der Waals surface area contributed by atoms with E-state index in [2.05, 4.69) is 27.5 Å². The zero-order valence-corrected chi connectivity index (χ0v) is 16.2. The van der Waals surface area contributed by atoms with Gasteiger partial charge in [0.15, 0.2) is 5.96 Å². The maximum Gasteiger partial charge on any atom is 0.253 e. The summed E-state index contributed by atoms with van der Waals surface area (Å²) < 4.78 is 0. The predicted octanol–water partition coefficient (Wildman–Crippen LogP) is 2.33. The van der Waals surface area contributed by atoms with Crippen LogP contribution in [-0.2, 0) is 13.1 Å². The Morgan fingerprint density at radius 1 is 1.16 bits per heavy atom. The number of thiazole rings is 1. The Morgan fingerprint density at radius 3 is 2.32 bits per heavy atom. The Labute approximate surface area is 153 Å². The lowest BCUT2D eigenvalue weighted by atomic mass is 10.1. The van der Waals surface area contributed by atoms with E-state index in [1.807, 2.05) is 31.2 Å². The highest BCUT2D eigenvalue weighted by Crippen LogP contribution is 2.15. The minimum atomic E-state index is 0.00557. The third-order valence-corrected chi connectivity index (χ3v) is 4.84. The fraction of sp³-hybridized carbons (Fsp3) is 0.389. The van der Waals surface area contributed by atoms with Crippen molar-refractivity contribution in [3.63, 3.8) is 0 Å². The van der Waals surface area contributed by atoms with E-state index in [0.717, 1.165) is 22.2 Å². The van der Waals surface area contributed by atoms with E-state index in [0.29, 0.717) is 18.7 Å². The monoisotopic (exact) mass is 359 g/mol. The summed E-state index contributed by atoms with van der Waals surface area (Å²) in [6.07, 6.45) is 0. The minimum Gasteiger partial charge on any atom is -0.352 e. The van der Waals surface area contributed by atoms with Gasteiger partial charge in [0.25, 0.3) is 5.91 Å². The van der Waals surface area contributed by atoms with Crippen LogP contribution in [0.1, 0.15) is 31.5 Å². The molecule has 0 unspecified atom stereocenters. The first kappa shape index (κ1) is 18.9. The van der Waals surface area contributed by atoms with Crippen molar-refractivity contribution in [2.24, 2.45) is 4.99 Å². The Morgan fingerprint density at radius 2 is 1.80 bits per heavy atom. The lowest BCUT2D eigenvalue weighted by molar-refractivity contribution is 0.0827. The van der Waals surface area contributed by atoms with Crippen molar-refractivity contribution in [2.75, 3.05) is 21.1 Å². The molecule has 1 aromatic carbocycles. The van der Waals surface area contributed by atoms with Gasteiger partial charge in [0.2, 0.25) is 0 Å². The molecule has 1 aromatic heterocycles. The van der Waals surface area contributed by atoms with Crippen LogP contribution in [0.3, 0.4) is 0 Å². The topological polar surface area (TPSA) is 69.6 Å². The number of hydrogen-bond acceptors (Lipinski definition) is 4. The van der Waals surface area contributed by atoms with E-state index in [4.69, 9.17) is 0 Å². The summed E-state index contributed by atoms with van der Waals surface area (Å²) >= 11 is 1.70. The third-order valence-electron chi connectivity index (χ3n) is 3.77. The highest BCUT2D eigenvalue weighted by atomic mass is 32.1. The standard InChI is InChI=1S/C18H25N5OS/c1-12-13(2)25-16(22-12)11-21-18(19-3)20-10-14-6-8-15(9-7-14)17(24)23(4)5/h6-9H,10-11H2,1-5H3,(H2,19,20,21). The van der Waals surface area contributed by atoms with Crippen molar-refractivity contribution in [2.45, 2.75) is 26.9 Å². The van der Waals surface area contributed by atoms with Gasteiger partial charge in [0.1, 0.15) is 5.01 Å². The van der Waals surface area contributed by atoms with Crippen molar-refractivity contribution in [1.82, 2.24) is 20.5 Å². The second-order valence-corrected chi connectivity index (χ2v) is 7.21. The normalized spacial score (nSPS) is 11.3. The molecule has 134 valence electrons. The first-order chi connectivity index (χ1) is 11.9. The third kappa shape index (κ3) is 5.29. The zero-order valence-electron chi connectivity index (χ0n) is 15.4. The van der Waals surface area contributed by atoms with E-state index < -0.39 is 0 Å². The molecule has 25 heavy (non-hydrogen) atoms. The van der Waals surface area contributed by atoms with Gasteiger partial charge in [0, 0.05) is 38.1 Å². The molecule has 0 aliphatic rings. The summed E-state index contributed by atoms with van der Waals surface area (Å²) in [6.45, 7) is 5.38. The van der Waals surface area contributed by atoms with E-state index >= 15 is 0 Å². The Balaban J connectivity index is 1.87. The average molecular weight is 359 g/mol. The van der Waals surface area contributed by atoms with Crippen LogP contribution >= 0.6 is 11.3 Å². The molecular weight excluding hydrogens is 334 g/mol. The first-order valence-corrected chi connectivity index (χ1v) is 8.90. The molecule has 0 spiro atoms. The fourth-order valence-electron chi connectivity index (χ4n) is 2.20. The van der Waals surface area contributed by atoms with Crippen LogP contribution in [0.5, 0.6) is 0 Å². The number of carbonyl (C=O) groups excluding carboxylic acids is 1. The Hall–Kier alpha value is -2.41. The molecule has 0 aliphatic carbocycles. The molecule has 2 rings (SSSR count). The molecule has 0 saturated heterocycles. The van der Waals surface area contributed by atoms with Gasteiger partial charge >= 0.3 is 0 Å². The maximum atomic E-state index is 11.9. The van der Waals surface area contributed by atoms with E-state index in [-0.39, 0.29) is 5.91 Å². The number of guanidine groups is 1. The number of carbonyl (C=O) groups is 1. The summed E-state index contributed by atoms with van der Waals surface area (Å²) in [5.41, 5.74) is 2.85. The van der Waals surface area contributed by atoms with Gasteiger partial charge in [-0.2, -0.15) is 0 Å². The number of aliphatic imine (C=N–C) groups is 1. The maximum absolute atomic E-state index is 11.9. The summed E-state index contributed by atoms with van der Waals surface area (Å²) in [5.74, 6) is 0.727. The SMILES string of the molecule is CN=C(NCc1ccc(C(=O)N(C)C)cc1)NCc1nc(C)c(C)s1. The van der Waals surface area contributed by atoms with Gasteiger partial charge in [0.05, 0.1) is 12.2 Å². The number of aromatic nitrogens is 1. The van der Waals surface area contributed by atoms with Gasteiger partial charge in [-0.05, 0) is 31.5 Å². The summed E-state index contributed by atoms with van der Waals surface area (Å²) in [4.78, 5) is 23.4. The molecule has 0 saturated carbocycles. The summed E-state index contributed by atoms with van der Waals surface area (Å²) in [7, 11) is 5.24. The minimum absolute atomic E-state index is 0.00557. The van der Waals surface area contributed by atoms with Crippen molar-refractivity contribution in [1.29, 1.82) is 0 Å². The lowest BCUT2D eigenvalue weighted by Gasteiger charge is -2.12. The van der Waals surface area contributed by atoms with Gasteiger partial charge in [-0.25, -0.2) is 4.98 Å².